The molecule has 0 bridgehead atoms. The fraction of sp³-hybridized carbons (Fsp3) is 0.520. The number of ketones is 2. The van der Waals surface area contributed by atoms with Crippen molar-refractivity contribution in [1.82, 2.24) is 14.5 Å². The van der Waals surface area contributed by atoms with Crippen molar-refractivity contribution >= 4 is 17.4 Å². The lowest BCUT2D eigenvalue weighted by atomic mass is 9.88. The maximum atomic E-state index is 12.9. The van der Waals surface area contributed by atoms with Crippen LogP contribution in [0.25, 0.3) is 0 Å². The highest BCUT2D eigenvalue weighted by Gasteiger charge is 2.28. The van der Waals surface area contributed by atoms with Gasteiger partial charge in [0.2, 0.25) is 0 Å². The fourth-order valence-corrected chi connectivity index (χ4v) is 4.41. The Kier molecular flexibility index (Phi) is 8.57. The Bertz CT molecular complexity index is 1130. The molecular weight excluding hydrogens is 436 g/mol. The number of hydrogen-bond acceptors (Lipinski definition) is 7. The molecule has 0 unspecified atom stereocenters. The number of H-pyrrole nitrogens is 1. The normalized spacial score (nSPS) is 15.1. The van der Waals surface area contributed by atoms with E-state index in [1.165, 1.54) is 12.7 Å². The van der Waals surface area contributed by atoms with Gasteiger partial charge in [-0.3, -0.25) is 28.8 Å². The zero-order chi connectivity index (χ0) is 24.8. The van der Waals surface area contributed by atoms with Gasteiger partial charge in [-0.15, -0.1) is 0 Å². The summed E-state index contributed by atoms with van der Waals surface area (Å²) in [5.41, 5.74) is 6.27. The molecule has 0 saturated carbocycles. The number of carbonyl (C=O) groups is 2. The number of aromatic amines is 1. The van der Waals surface area contributed by atoms with Crippen molar-refractivity contribution in [2.75, 3.05) is 39.1 Å². The maximum absolute atomic E-state index is 12.9. The molecule has 9 nitrogen and oxygen atoms in total. The highest BCUT2D eigenvalue weighted by atomic mass is 16.5. The molecule has 1 aliphatic rings. The molecule has 184 valence electrons. The van der Waals surface area contributed by atoms with Gasteiger partial charge in [0.05, 0.1) is 19.7 Å². The molecule has 3 rings (SSSR count). The predicted octanol–water partition coefficient (Wildman–Crippen LogP) is 1.74. The molecule has 0 amide bonds. The molecule has 1 aromatic carbocycles. The Balaban J connectivity index is 1.61. The summed E-state index contributed by atoms with van der Waals surface area (Å²) in [7, 11) is 1.48. The number of aromatic nitrogens is 2. The van der Waals surface area contributed by atoms with Crippen molar-refractivity contribution in [3.05, 3.63) is 61.8 Å². The second-order valence-electron chi connectivity index (χ2n) is 9.30. The van der Waals surface area contributed by atoms with Gasteiger partial charge in [-0.05, 0) is 43.8 Å². The highest BCUT2D eigenvalue weighted by Crippen LogP contribution is 2.23. The van der Waals surface area contributed by atoms with Crippen molar-refractivity contribution in [3.63, 3.8) is 0 Å². The minimum atomic E-state index is -0.785. The van der Waals surface area contributed by atoms with Crippen molar-refractivity contribution in [2.45, 2.75) is 39.7 Å². The number of likely N-dealkylation sites (tertiary alicyclic amines) is 1. The number of hydrogen-bond donors (Lipinski definition) is 2. The van der Waals surface area contributed by atoms with E-state index in [9.17, 15) is 19.2 Å². The van der Waals surface area contributed by atoms with Gasteiger partial charge in [0.15, 0.2) is 11.6 Å². The first-order valence-corrected chi connectivity index (χ1v) is 11.7. The Hall–Kier alpha value is -3.04. The number of benzene rings is 1. The number of Topliss-reactive ketones (excluding diaryl/α,β-unsaturated/α-hetero) is 2. The zero-order valence-electron chi connectivity index (χ0n) is 20.1. The van der Waals surface area contributed by atoms with Gasteiger partial charge in [-0.25, -0.2) is 4.79 Å². The largest absolute Gasteiger partial charge is 0.384 e. The summed E-state index contributed by atoms with van der Waals surface area (Å²) < 4.78 is 6.10. The standard InChI is InChI=1S/C25H34N4O5/c1-16(2)14-17-4-6-18(7-5-17)22(31)19-8-10-28(11-9-19)15-20(30)21-23(26)29(12-13-34-3)25(33)27-24(21)32/h4-7,16,19H,8-15,26H2,1-3H3,(H,27,32,33). The number of nitrogen functional groups attached to an aromatic ring is 1. The topological polar surface area (TPSA) is 127 Å². The number of carbonyl (C=O) groups excluding carboxylic acids is 2. The first kappa shape index (κ1) is 25.6. The van der Waals surface area contributed by atoms with Crippen LogP contribution in [0, 0.1) is 11.8 Å². The van der Waals surface area contributed by atoms with Crippen molar-refractivity contribution in [2.24, 2.45) is 11.8 Å². The van der Waals surface area contributed by atoms with Crippen LogP contribution in [-0.2, 0) is 17.7 Å². The number of piperidine rings is 1. The molecule has 2 aromatic rings. The minimum absolute atomic E-state index is 0.000567. The van der Waals surface area contributed by atoms with Crippen molar-refractivity contribution in [3.8, 4) is 0 Å². The molecular formula is C25H34N4O5. The van der Waals surface area contributed by atoms with E-state index in [1.54, 1.807) is 0 Å². The average Bonchev–Trinajstić information content (AvgIpc) is 2.79. The summed E-state index contributed by atoms with van der Waals surface area (Å²) in [5.74, 6) is 0.00484. The van der Waals surface area contributed by atoms with E-state index >= 15 is 0 Å². The van der Waals surface area contributed by atoms with Crippen molar-refractivity contribution in [1.29, 1.82) is 0 Å². The van der Waals surface area contributed by atoms with E-state index < -0.39 is 17.0 Å². The van der Waals surface area contributed by atoms with Gasteiger partial charge in [0.25, 0.3) is 5.56 Å². The van der Waals surface area contributed by atoms with Crippen LogP contribution in [0.2, 0.25) is 0 Å². The van der Waals surface area contributed by atoms with Crippen LogP contribution in [0.1, 0.15) is 53.0 Å². The summed E-state index contributed by atoms with van der Waals surface area (Å²) in [4.78, 5) is 54.2. The molecule has 0 atom stereocenters. The maximum Gasteiger partial charge on any atom is 0.330 e. The molecule has 2 heterocycles. The number of nitrogens with zero attached hydrogens (tertiary/aromatic N) is 2. The smallest absolute Gasteiger partial charge is 0.330 e. The lowest BCUT2D eigenvalue weighted by molar-refractivity contribution is 0.0805. The van der Waals surface area contributed by atoms with Gasteiger partial charge in [0.1, 0.15) is 11.4 Å². The van der Waals surface area contributed by atoms with E-state index in [0.29, 0.717) is 31.8 Å². The van der Waals surface area contributed by atoms with Crippen LogP contribution in [-0.4, -0.2) is 59.4 Å². The molecule has 1 aliphatic heterocycles. The summed E-state index contributed by atoms with van der Waals surface area (Å²) in [6.07, 6.45) is 2.26. The second kappa shape index (κ2) is 11.4. The number of rotatable bonds is 10. The van der Waals surface area contributed by atoms with Gasteiger partial charge >= 0.3 is 5.69 Å². The Morgan fingerprint density at radius 3 is 2.38 bits per heavy atom. The van der Waals surface area contributed by atoms with Gasteiger partial charge in [-0.2, -0.15) is 0 Å². The quantitative estimate of drug-likeness (QED) is 0.506. The molecule has 0 aliphatic carbocycles. The molecule has 0 radical (unpaired) electrons. The SMILES string of the molecule is COCCn1c(N)c(C(=O)CN2CCC(C(=O)c3ccc(CC(C)C)cc3)CC2)c(=O)[nH]c1=O. The average molecular weight is 471 g/mol. The first-order valence-electron chi connectivity index (χ1n) is 11.7. The van der Waals surface area contributed by atoms with Gasteiger partial charge in [0, 0.05) is 18.6 Å². The third-order valence-electron chi connectivity index (χ3n) is 6.25. The van der Waals surface area contributed by atoms with Crippen LogP contribution in [0.15, 0.2) is 33.9 Å². The minimum Gasteiger partial charge on any atom is -0.384 e. The number of ether oxygens (including phenoxy) is 1. The van der Waals surface area contributed by atoms with Crippen LogP contribution in [0.3, 0.4) is 0 Å². The summed E-state index contributed by atoms with van der Waals surface area (Å²) in [6.45, 7) is 5.81. The predicted molar refractivity (Wildman–Crippen MR) is 130 cm³/mol. The Morgan fingerprint density at radius 2 is 1.79 bits per heavy atom. The molecule has 3 N–H and O–H groups in total. The molecule has 1 aromatic heterocycles. The molecule has 0 spiro atoms. The number of anilines is 1. The third-order valence-corrected chi connectivity index (χ3v) is 6.25. The van der Waals surface area contributed by atoms with Crippen LogP contribution < -0.4 is 17.0 Å². The molecule has 9 heteroatoms. The first-order chi connectivity index (χ1) is 16.2. The third kappa shape index (κ3) is 6.09. The monoisotopic (exact) mass is 470 g/mol. The molecule has 34 heavy (non-hydrogen) atoms. The second-order valence-corrected chi connectivity index (χ2v) is 9.30. The van der Waals surface area contributed by atoms with E-state index in [-0.39, 0.29) is 42.8 Å². The number of methoxy groups -OCH3 is 1. The summed E-state index contributed by atoms with van der Waals surface area (Å²) in [6, 6.07) is 7.86. The Morgan fingerprint density at radius 1 is 1.15 bits per heavy atom. The lowest BCUT2D eigenvalue weighted by Crippen LogP contribution is -2.42. The van der Waals surface area contributed by atoms with Crippen LogP contribution in [0.5, 0.6) is 0 Å². The number of nitrogens with two attached hydrogens (primary N) is 1. The number of nitrogens with one attached hydrogen (secondary N) is 1. The highest BCUT2D eigenvalue weighted by molar-refractivity contribution is 6.01. The molecule has 1 saturated heterocycles. The van der Waals surface area contributed by atoms with E-state index in [0.717, 1.165) is 16.6 Å². The lowest BCUT2D eigenvalue weighted by Gasteiger charge is -2.30. The van der Waals surface area contributed by atoms with Gasteiger partial charge in [-0.1, -0.05) is 38.1 Å². The Labute approximate surface area is 198 Å². The van der Waals surface area contributed by atoms with Crippen LogP contribution in [0.4, 0.5) is 5.82 Å². The van der Waals surface area contributed by atoms with E-state index in [1.807, 2.05) is 29.2 Å². The van der Waals surface area contributed by atoms with Crippen LogP contribution >= 0.6 is 0 Å². The van der Waals surface area contributed by atoms with E-state index in [2.05, 4.69) is 18.8 Å². The van der Waals surface area contributed by atoms with Gasteiger partial charge < -0.3 is 10.5 Å². The molecule has 1 fully saturated rings. The van der Waals surface area contributed by atoms with Crippen molar-refractivity contribution < 1.29 is 14.3 Å². The zero-order valence-corrected chi connectivity index (χ0v) is 20.1. The fourth-order valence-electron chi connectivity index (χ4n) is 4.41. The summed E-state index contributed by atoms with van der Waals surface area (Å²) in [5, 5.41) is 0. The van der Waals surface area contributed by atoms with E-state index in [4.69, 9.17) is 10.5 Å². The summed E-state index contributed by atoms with van der Waals surface area (Å²) >= 11 is 0.